The first-order valence-corrected chi connectivity index (χ1v) is 7.08. The molecular formula is C15H15NO2S. The summed E-state index contributed by atoms with van der Waals surface area (Å²) < 4.78 is 10.7. The minimum absolute atomic E-state index is 0.320. The Kier molecular flexibility index (Phi) is 3.25. The van der Waals surface area contributed by atoms with Gasteiger partial charge < -0.3 is 15.2 Å². The summed E-state index contributed by atoms with van der Waals surface area (Å²) in [6.07, 6.45) is 0. The molecule has 0 aromatic heterocycles. The van der Waals surface area contributed by atoms with Gasteiger partial charge in [-0.25, -0.2) is 0 Å². The molecule has 2 aromatic carbocycles. The highest BCUT2D eigenvalue weighted by molar-refractivity contribution is 7.98. The minimum Gasteiger partial charge on any atom is -0.454 e. The van der Waals surface area contributed by atoms with Gasteiger partial charge in [0.1, 0.15) is 0 Å². The lowest BCUT2D eigenvalue weighted by atomic mass is 10.2. The van der Waals surface area contributed by atoms with Crippen molar-refractivity contribution >= 4 is 17.4 Å². The Balaban J connectivity index is 1.74. The molecule has 3 nitrogen and oxygen atoms in total. The number of nitrogens with two attached hydrogens (primary N) is 1. The first kappa shape index (κ1) is 12.2. The predicted octanol–water partition coefficient (Wildman–Crippen LogP) is 3.60. The first-order valence-electron chi connectivity index (χ1n) is 6.10. The van der Waals surface area contributed by atoms with E-state index in [1.807, 2.05) is 24.3 Å². The fraction of sp³-hybridized carbons (Fsp3) is 0.200. The summed E-state index contributed by atoms with van der Waals surface area (Å²) in [6.45, 7) is 2.42. The zero-order chi connectivity index (χ0) is 13.2. The molecule has 0 unspecified atom stereocenters. The van der Waals surface area contributed by atoms with E-state index in [-0.39, 0.29) is 0 Å². The van der Waals surface area contributed by atoms with Gasteiger partial charge in [0.2, 0.25) is 6.79 Å². The molecule has 1 aliphatic rings. The lowest BCUT2D eigenvalue weighted by Crippen LogP contribution is -1.92. The van der Waals surface area contributed by atoms with Gasteiger partial charge in [0.25, 0.3) is 0 Å². The fourth-order valence-electron chi connectivity index (χ4n) is 1.96. The van der Waals surface area contributed by atoms with E-state index in [9.17, 15) is 0 Å². The zero-order valence-electron chi connectivity index (χ0n) is 10.7. The van der Waals surface area contributed by atoms with Crippen LogP contribution in [-0.2, 0) is 5.75 Å². The molecular weight excluding hydrogens is 258 g/mol. The van der Waals surface area contributed by atoms with Crippen LogP contribution < -0.4 is 15.2 Å². The van der Waals surface area contributed by atoms with Crippen molar-refractivity contribution in [2.45, 2.75) is 17.6 Å². The van der Waals surface area contributed by atoms with Crippen LogP contribution in [0.2, 0.25) is 0 Å². The van der Waals surface area contributed by atoms with Gasteiger partial charge in [-0.05, 0) is 42.3 Å². The molecule has 0 spiro atoms. The number of benzene rings is 2. The first-order chi connectivity index (χ1) is 9.22. The zero-order valence-corrected chi connectivity index (χ0v) is 11.5. The molecule has 2 aromatic rings. The third kappa shape index (κ3) is 2.63. The highest BCUT2D eigenvalue weighted by Crippen LogP contribution is 2.35. The molecule has 0 saturated heterocycles. The highest BCUT2D eigenvalue weighted by atomic mass is 32.2. The Morgan fingerprint density at radius 1 is 1.11 bits per heavy atom. The topological polar surface area (TPSA) is 44.5 Å². The number of ether oxygens (including phenoxy) is 2. The number of rotatable bonds is 3. The average molecular weight is 273 g/mol. The van der Waals surface area contributed by atoms with Crippen LogP contribution in [0.15, 0.2) is 41.3 Å². The SMILES string of the molecule is Cc1ccc(N)cc1SCc1ccc2c(c1)OCO2. The van der Waals surface area contributed by atoms with Crippen LogP contribution in [0.1, 0.15) is 11.1 Å². The largest absolute Gasteiger partial charge is 0.454 e. The van der Waals surface area contributed by atoms with Gasteiger partial charge in [-0.1, -0.05) is 12.1 Å². The lowest BCUT2D eigenvalue weighted by Gasteiger charge is -2.07. The third-order valence-corrected chi connectivity index (χ3v) is 4.27. The molecule has 2 N–H and O–H groups in total. The molecule has 0 atom stereocenters. The normalized spacial score (nSPS) is 12.7. The molecule has 4 heteroatoms. The van der Waals surface area contributed by atoms with Crippen molar-refractivity contribution in [2.24, 2.45) is 0 Å². The monoisotopic (exact) mass is 273 g/mol. The van der Waals surface area contributed by atoms with E-state index in [1.165, 1.54) is 16.0 Å². The summed E-state index contributed by atoms with van der Waals surface area (Å²) in [7, 11) is 0. The Hall–Kier alpha value is -1.81. The van der Waals surface area contributed by atoms with Crippen LogP contribution in [0.3, 0.4) is 0 Å². The maximum Gasteiger partial charge on any atom is 0.231 e. The molecule has 1 heterocycles. The van der Waals surface area contributed by atoms with Crippen LogP contribution in [0.25, 0.3) is 0 Å². The minimum atomic E-state index is 0.320. The third-order valence-electron chi connectivity index (χ3n) is 3.04. The van der Waals surface area contributed by atoms with Gasteiger partial charge in [-0.2, -0.15) is 0 Å². The van der Waals surface area contributed by atoms with Gasteiger partial charge in [0.15, 0.2) is 11.5 Å². The molecule has 3 rings (SSSR count). The number of thioether (sulfide) groups is 1. The molecule has 1 aliphatic heterocycles. The molecule has 0 bridgehead atoms. The number of anilines is 1. The van der Waals surface area contributed by atoms with Crippen molar-refractivity contribution in [2.75, 3.05) is 12.5 Å². The molecule has 0 amide bonds. The Bertz CT molecular complexity index is 613. The van der Waals surface area contributed by atoms with Crippen molar-refractivity contribution in [1.82, 2.24) is 0 Å². The van der Waals surface area contributed by atoms with Gasteiger partial charge in [-0.3, -0.25) is 0 Å². The summed E-state index contributed by atoms with van der Waals surface area (Å²) in [5.74, 6) is 2.55. The molecule has 0 aliphatic carbocycles. The molecule has 98 valence electrons. The van der Waals surface area contributed by atoms with Crippen molar-refractivity contribution in [1.29, 1.82) is 0 Å². The maximum atomic E-state index is 5.82. The van der Waals surface area contributed by atoms with Crippen molar-refractivity contribution in [3.05, 3.63) is 47.5 Å². The van der Waals surface area contributed by atoms with Crippen molar-refractivity contribution in [3.63, 3.8) is 0 Å². The molecule has 0 fully saturated rings. The van der Waals surface area contributed by atoms with Gasteiger partial charge in [0, 0.05) is 16.3 Å². The molecule has 19 heavy (non-hydrogen) atoms. The summed E-state index contributed by atoms with van der Waals surface area (Å²) in [4.78, 5) is 1.22. The van der Waals surface area contributed by atoms with Crippen LogP contribution in [0, 0.1) is 6.92 Å². The molecule has 0 saturated carbocycles. The standard InChI is InChI=1S/C15H15NO2S/c1-10-2-4-12(16)7-15(10)19-8-11-3-5-13-14(6-11)18-9-17-13/h2-7H,8-9,16H2,1H3. The fourth-order valence-corrected chi connectivity index (χ4v) is 2.98. The van der Waals surface area contributed by atoms with E-state index in [1.54, 1.807) is 11.8 Å². The van der Waals surface area contributed by atoms with E-state index in [2.05, 4.69) is 19.1 Å². The summed E-state index contributed by atoms with van der Waals surface area (Å²) >= 11 is 1.78. The Morgan fingerprint density at radius 3 is 2.84 bits per heavy atom. The predicted molar refractivity (Wildman–Crippen MR) is 77.7 cm³/mol. The number of fused-ring (bicyclic) bond motifs is 1. The highest BCUT2D eigenvalue weighted by Gasteiger charge is 2.13. The van der Waals surface area contributed by atoms with E-state index in [0.29, 0.717) is 6.79 Å². The maximum absolute atomic E-state index is 5.82. The van der Waals surface area contributed by atoms with E-state index >= 15 is 0 Å². The van der Waals surface area contributed by atoms with E-state index in [4.69, 9.17) is 15.2 Å². The quantitative estimate of drug-likeness (QED) is 0.685. The van der Waals surface area contributed by atoms with Crippen molar-refractivity contribution < 1.29 is 9.47 Å². The average Bonchev–Trinajstić information content (AvgIpc) is 2.87. The van der Waals surface area contributed by atoms with E-state index in [0.717, 1.165) is 22.9 Å². The number of aryl methyl sites for hydroxylation is 1. The smallest absolute Gasteiger partial charge is 0.231 e. The second-order valence-corrected chi connectivity index (χ2v) is 5.52. The van der Waals surface area contributed by atoms with Crippen LogP contribution in [0.4, 0.5) is 5.69 Å². The Labute approximate surface area is 116 Å². The van der Waals surface area contributed by atoms with Crippen LogP contribution in [-0.4, -0.2) is 6.79 Å². The number of nitrogen functional groups attached to an aromatic ring is 1. The number of hydrogen-bond donors (Lipinski definition) is 1. The van der Waals surface area contributed by atoms with Gasteiger partial charge in [0.05, 0.1) is 0 Å². The Morgan fingerprint density at radius 2 is 1.95 bits per heavy atom. The summed E-state index contributed by atoms with van der Waals surface area (Å²) in [5.41, 5.74) is 9.09. The van der Waals surface area contributed by atoms with Crippen LogP contribution in [0.5, 0.6) is 11.5 Å². The summed E-state index contributed by atoms with van der Waals surface area (Å²) in [6, 6.07) is 12.1. The van der Waals surface area contributed by atoms with Gasteiger partial charge in [-0.15, -0.1) is 11.8 Å². The van der Waals surface area contributed by atoms with Crippen LogP contribution >= 0.6 is 11.8 Å². The van der Waals surface area contributed by atoms with Crippen molar-refractivity contribution in [3.8, 4) is 11.5 Å². The second-order valence-electron chi connectivity index (χ2n) is 4.50. The van der Waals surface area contributed by atoms with E-state index < -0.39 is 0 Å². The van der Waals surface area contributed by atoms with Gasteiger partial charge >= 0.3 is 0 Å². The number of hydrogen-bond acceptors (Lipinski definition) is 4. The molecule has 0 radical (unpaired) electrons. The lowest BCUT2D eigenvalue weighted by molar-refractivity contribution is 0.174. The second kappa shape index (κ2) is 5.05. The summed E-state index contributed by atoms with van der Waals surface area (Å²) in [5, 5.41) is 0.